The van der Waals surface area contributed by atoms with Crippen molar-refractivity contribution < 1.29 is 14.3 Å². The molecule has 1 aromatic rings. The molecule has 0 N–H and O–H groups in total. The van der Waals surface area contributed by atoms with Crippen LogP contribution < -0.4 is 0 Å². The number of esters is 1. The highest BCUT2D eigenvalue weighted by Gasteiger charge is 2.21. The number of nitrogens with zero attached hydrogens (tertiary/aromatic N) is 1. The van der Waals surface area contributed by atoms with Crippen LogP contribution in [0.1, 0.15) is 12.5 Å². The summed E-state index contributed by atoms with van der Waals surface area (Å²) < 4.78 is 9.97. The fourth-order valence-corrected chi connectivity index (χ4v) is 1.51. The van der Waals surface area contributed by atoms with Crippen LogP contribution in [0.5, 0.6) is 0 Å². The first-order chi connectivity index (χ1) is 9.19. The highest BCUT2D eigenvalue weighted by Crippen LogP contribution is 2.14. The van der Waals surface area contributed by atoms with Gasteiger partial charge >= 0.3 is 5.97 Å². The van der Waals surface area contributed by atoms with Crippen LogP contribution in [0.4, 0.5) is 0 Å². The van der Waals surface area contributed by atoms with Crippen LogP contribution in [0.3, 0.4) is 0 Å². The number of benzene rings is 1. The smallest absolute Gasteiger partial charge is 0.367 e. The maximum absolute atomic E-state index is 11.4. The van der Waals surface area contributed by atoms with E-state index in [2.05, 4.69) is 4.99 Å². The molecule has 0 aliphatic carbocycles. The summed E-state index contributed by atoms with van der Waals surface area (Å²) in [5.41, 5.74) is 1.10. The van der Waals surface area contributed by atoms with E-state index in [1.165, 1.54) is 6.26 Å². The molecule has 0 unspecified atom stereocenters. The van der Waals surface area contributed by atoms with Crippen molar-refractivity contribution in [1.29, 1.82) is 0 Å². The van der Waals surface area contributed by atoms with Crippen molar-refractivity contribution >= 4 is 29.5 Å². The van der Waals surface area contributed by atoms with Crippen molar-refractivity contribution in [2.75, 3.05) is 6.61 Å². The van der Waals surface area contributed by atoms with Gasteiger partial charge in [0, 0.05) is 11.1 Å². The topological polar surface area (TPSA) is 47.9 Å². The third-order valence-electron chi connectivity index (χ3n) is 2.29. The van der Waals surface area contributed by atoms with Gasteiger partial charge < -0.3 is 9.47 Å². The van der Waals surface area contributed by atoms with E-state index in [1.54, 1.807) is 24.3 Å². The highest BCUT2D eigenvalue weighted by molar-refractivity contribution is 6.30. The Morgan fingerprint density at radius 3 is 2.74 bits per heavy atom. The number of ether oxygens (including phenoxy) is 2. The van der Waals surface area contributed by atoms with E-state index < -0.39 is 5.97 Å². The zero-order valence-electron chi connectivity index (χ0n) is 10.3. The molecule has 0 atom stereocenters. The number of rotatable bonds is 4. The second-order valence-electron chi connectivity index (χ2n) is 3.68. The molecule has 2 rings (SSSR count). The molecule has 0 amide bonds. The lowest BCUT2D eigenvalue weighted by Gasteiger charge is -1.94. The average Bonchev–Trinajstić information content (AvgIpc) is 2.76. The van der Waals surface area contributed by atoms with Gasteiger partial charge in [-0.2, -0.15) is 0 Å². The predicted octanol–water partition coefficient (Wildman–Crippen LogP) is 3.19. The maximum atomic E-state index is 11.4. The summed E-state index contributed by atoms with van der Waals surface area (Å²) in [5.74, 6) is -0.268. The quantitative estimate of drug-likeness (QED) is 0.482. The highest BCUT2D eigenvalue weighted by atomic mass is 35.5. The number of carbonyl (C=O) groups excluding carboxylic acids is 1. The SMILES string of the molecule is CCO/C=C1N=C(/C=C\c2ccc(Cl)cc2)OC\1=O. The summed E-state index contributed by atoms with van der Waals surface area (Å²) in [6, 6.07) is 7.27. The monoisotopic (exact) mass is 277 g/mol. The molecule has 1 aliphatic rings. The predicted molar refractivity (Wildman–Crippen MR) is 73.7 cm³/mol. The van der Waals surface area contributed by atoms with Gasteiger partial charge in [-0.05, 0) is 30.7 Å². The molecule has 0 fully saturated rings. The molecule has 98 valence electrons. The Bertz CT molecular complexity index is 559. The molecule has 5 heteroatoms. The van der Waals surface area contributed by atoms with Crippen molar-refractivity contribution in [3.63, 3.8) is 0 Å². The summed E-state index contributed by atoms with van der Waals surface area (Å²) in [6.45, 7) is 2.30. The van der Waals surface area contributed by atoms with Crippen molar-refractivity contribution in [2.45, 2.75) is 6.92 Å². The number of hydrogen-bond donors (Lipinski definition) is 0. The molecule has 0 aromatic heterocycles. The normalized spacial score (nSPS) is 16.8. The Labute approximate surface area is 116 Å². The average molecular weight is 278 g/mol. The van der Waals surface area contributed by atoms with Gasteiger partial charge in [-0.1, -0.05) is 23.7 Å². The summed E-state index contributed by atoms with van der Waals surface area (Å²) in [4.78, 5) is 15.4. The van der Waals surface area contributed by atoms with Crippen molar-refractivity contribution in [3.05, 3.63) is 52.9 Å². The largest absolute Gasteiger partial charge is 0.499 e. The van der Waals surface area contributed by atoms with Crippen LogP contribution in [0.2, 0.25) is 5.02 Å². The third-order valence-corrected chi connectivity index (χ3v) is 2.54. The molecule has 1 aromatic carbocycles. The van der Waals surface area contributed by atoms with Crippen molar-refractivity contribution in [2.24, 2.45) is 4.99 Å². The second-order valence-corrected chi connectivity index (χ2v) is 4.12. The Balaban J connectivity index is 2.07. The van der Waals surface area contributed by atoms with Gasteiger partial charge in [0.2, 0.25) is 5.90 Å². The molecular formula is C14H12ClNO3. The molecule has 0 saturated carbocycles. The first-order valence-corrected chi connectivity index (χ1v) is 6.13. The summed E-state index contributed by atoms with van der Waals surface area (Å²) >= 11 is 5.79. The molecule has 0 bridgehead atoms. The van der Waals surface area contributed by atoms with E-state index in [1.807, 2.05) is 19.1 Å². The Morgan fingerprint density at radius 1 is 1.32 bits per heavy atom. The lowest BCUT2D eigenvalue weighted by molar-refractivity contribution is -0.130. The molecule has 1 heterocycles. The molecule has 0 saturated heterocycles. The van der Waals surface area contributed by atoms with Crippen molar-refractivity contribution in [3.8, 4) is 0 Å². The van der Waals surface area contributed by atoms with E-state index in [-0.39, 0.29) is 11.6 Å². The van der Waals surface area contributed by atoms with Gasteiger partial charge in [0.1, 0.15) is 6.26 Å². The van der Waals surface area contributed by atoms with Gasteiger partial charge in [0.15, 0.2) is 5.70 Å². The number of aliphatic imine (C=N–C) groups is 1. The molecule has 4 nitrogen and oxygen atoms in total. The minimum atomic E-state index is -0.510. The fraction of sp³-hybridized carbons (Fsp3) is 0.143. The number of cyclic esters (lactones) is 1. The lowest BCUT2D eigenvalue weighted by Crippen LogP contribution is -2.01. The molecular weight excluding hydrogens is 266 g/mol. The summed E-state index contributed by atoms with van der Waals surface area (Å²) in [6.07, 6.45) is 4.70. The van der Waals surface area contributed by atoms with E-state index >= 15 is 0 Å². The van der Waals surface area contributed by atoms with E-state index in [0.717, 1.165) is 5.56 Å². The summed E-state index contributed by atoms with van der Waals surface area (Å²) in [7, 11) is 0. The number of hydrogen-bond acceptors (Lipinski definition) is 4. The van der Waals surface area contributed by atoms with Crippen LogP contribution in [-0.2, 0) is 14.3 Å². The van der Waals surface area contributed by atoms with Gasteiger partial charge in [-0.25, -0.2) is 9.79 Å². The minimum Gasteiger partial charge on any atom is -0.499 e. The zero-order chi connectivity index (χ0) is 13.7. The molecule has 0 spiro atoms. The zero-order valence-corrected chi connectivity index (χ0v) is 11.1. The van der Waals surface area contributed by atoms with E-state index in [4.69, 9.17) is 21.1 Å². The van der Waals surface area contributed by atoms with E-state index in [9.17, 15) is 4.79 Å². The van der Waals surface area contributed by atoms with Crippen LogP contribution in [-0.4, -0.2) is 18.5 Å². The van der Waals surface area contributed by atoms with Crippen LogP contribution >= 0.6 is 11.6 Å². The lowest BCUT2D eigenvalue weighted by atomic mass is 10.2. The fourth-order valence-electron chi connectivity index (χ4n) is 1.38. The first-order valence-electron chi connectivity index (χ1n) is 5.75. The second kappa shape index (κ2) is 6.20. The standard InChI is InChI=1S/C14H12ClNO3/c1-2-18-9-12-14(17)19-13(16-12)8-5-10-3-6-11(15)7-4-10/h3-9H,2H2,1H3/b8-5-,12-9-. The van der Waals surface area contributed by atoms with E-state index in [0.29, 0.717) is 11.6 Å². The molecule has 19 heavy (non-hydrogen) atoms. The van der Waals surface area contributed by atoms with Crippen LogP contribution in [0, 0.1) is 0 Å². The van der Waals surface area contributed by atoms with Crippen LogP contribution in [0.15, 0.2) is 47.3 Å². The minimum absolute atomic E-state index is 0.164. The Kier molecular flexibility index (Phi) is 4.36. The first kappa shape index (κ1) is 13.4. The number of carbonyl (C=O) groups is 1. The Morgan fingerprint density at radius 2 is 2.05 bits per heavy atom. The van der Waals surface area contributed by atoms with Crippen molar-refractivity contribution in [1.82, 2.24) is 0 Å². The number of halogens is 1. The molecule has 1 aliphatic heterocycles. The van der Waals surface area contributed by atoms with Crippen LogP contribution in [0.25, 0.3) is 6.08 Å². The maximum Gasteiger partial charge on any atom is 0.367 e. The Hall–Kier alpha value is -2.07. The van der Waals surface area contributed by atoms with Gasteiger partial charge in [-0.3, -0.25) is 0 Å². The third kappa shape index (κ3) is 3.69. The van der Waals surface area contributed by atoms with Gasteiger partial charge in [-0.15, -0.1) is 0 Å². The van der Waals surface area contributed by atoms with Gasteiger partial charge in [0.25, 0.3) is 0 Å². The summed E-state index contributed by atoms with van der Waals surface area (Å²) in [5, 5.41) is 0.670. The van der Waals surface area contributed by atoms with Gasteiger partial charge in [0.05, 0.1) is 6.61 Å². The molecule has 0 radical (unpaired) electrons.